The van der Waals surface area contributed by atoms with Gasteiger partial charge in [0, 0.05) is 36.2 Å². The number of halogens is 1. The Bertz CT molecular complexity index is 704. The topological polar surface area (TPSA) is 32.8 Å². The molecule has 4 nitrogen and oxygen atoms in total. The van der Waals surface area contributed by atoms with Gasteiger partial charge < -0.3 is 4.74 Å². The highest BCUT2D eigenvalue weighted by atomic mass is 79.9. The molecule has 4 aliphatic heterocycles. The molecule has 4 aliphatic rings. The quantitative estimate of drug-likeness (QED) is 0.688. The number of nitrogens with zero attached hydrogens (tertiary/aromatic N) is 2. The van der Waals surface area contributed by atoms with Gasteiger partial charge in [-0.25, -0.2) is 0 Å². The van der Waals surface area contributed by atoms with Crippen molar-refractivity contribution in [1.82, 2.24) is 9.80 Å². The van der Waals surface area contributed by atoms with E-state index in [1.165, 1.54) is 5.56 Å². The summed E-state index contributed by atoms with van der Waals surface area (Å²) in [7, 11) is 0. The van der Waals surface area contributed by atoms with Crippen LogP contribution in [0.5, 0.6) is 5.75 Å². The number of ketones is 1. The fourth-order valence-corrected chi connectivity index (χ4v) is 5.96. The molecule has 1 aromatic carbocycles. The molecule has 0 saturated carbocycles. The zero-order valence-corrected chi connectivity index (χ0v) is 17.6. The van der Waals surface area contributed by atoms with Crippen molar-refractivity contribution in [3.63, 3.8) is 0 Å². The summed E-state index contributed by atoms with van der Waals surface area (Å²) in [5.41, 5.74) is 0.829. The molecule has 0 spiro atoms. The van der Waals surface area contributed by atoms with E-state index in [1.807, 2.05) is 13.0 Å². The minimum atomic E-state index is -0.224. The van der Waals surface area contributed by atoms with Crippen molar-refractivity contribution in [3.05, 3.63) is 28.2 Å². The van der Waals surface area contributed by atoms with Gasteiger partial charge in [-0.3, -0.25) is 14.6 Å². The highest BCUT2D eigenvalue weighted by Crippen LogP contribution is 2.54. The van der Waals surface area contributed by atoms with Crippen LogP contribution in [0.4, 0.5) is 0 Å². The van der Waals surface area contributed by atoms with Crippen molar-refractivity contribution >= 4 is 21.7 Å². The van der Waals surface area contributed by atoms with Crippen LogP contribution in [0.1, 0.15) is 51.8 Å². The van der Waals surface area contributed by atoms with E-state index in [-0.39, 0.29) is 17.0 Å². The number of piperidine rings is 2. The molecule has 4 heterocycles. The molecule has 5 heteroatoms. The highest BCUT2D eigenvalue weighted by molar-refractivity contribution is 9.10. The number of Topliss-reactive ketones (excluding diaryl/α,β-unsaturated/α-hetero) is 1. The zero-order valence-electron chi connectivity index (χ0n) is 16.1. The standard InChI is InChI=1S/C21H29BrN2O2/c1-4-6-9-21-13-23-11-20(3,19(21)25)12-24(14-21)18(23)16-10-15(22)7-8-17(16)26-5-2/h7-8,10,18H,4-6,9,11-14H2,1-3H3. The molecular weight excluding hydrogens is 392 g/mol. The van der Waals surface area contributed by atoms with Crippen LogP contribution >= 0.6 is 15.9 Å². The van der Waals surface area contributed by atoms with E-state index in [4.69, 9.17) is 4.74 Å². The van der Waals surface area contributed by atoms with Gasteiger partial charge in [0.1, 0.15) is 11.5 Å². The van der Waals surface area contributed by atoms with Crippen LogP contribution in [0.25, 0.3) is 0 Å². The van der Waals surface area contributed by atoms with E-state index in [0.29, 0.717) is 12.4 Å². The monoisotopic (exact) mass is 420 g/mol. The van der Waals surface area contributed by atoms with Gasteiger partial charge in [-0.1, -0.05) is 42.6 Å². The Morgan fingerprint density at radius 2 is 1.88 bits per heavy atom. The fourth-order valence-electron chi connectivity index (χ4n) is 5.58. The molecule has 4 bridgehead atoms. The minimum absolute atomic E-state index is 0.171. The van der Waals surface area contributed by atoms with Crippen molar-refractivity contribution in [2.45, 2.75) is 46.2 Å². The molecule has 4 saturated heterocycles. The molecule has 1 aromatic rings. The van der Waals surface area contributed by atoms with E-state index in [0.717, 1.165) is 55.7 Å². The molecule has 0 aromatic heterocycles. The van der Waals surface area contributed by atoms with Crippen molar-refractivity contribution in [1.29, 1.82) is 0 Å². The Labute approximate surface area is 165 Å². The summed E-state index contributed by atoms with van der Waals surface area (Å²) in [4.78, 5) is 18.4. The van der Waals surface area contributed by atoms with E-state index < -0.39 is 0 Å². The molecule has 2 atom stereocenters. The first kappa shape index (κ1) is 18.5. The maximum atomic E-state index is 13.3. The van der Waals surface area contributed by atoms with E-state index in [1.54, 1.807) is 0 Å². The second-order valence-corrected chi connectivity index (χ2v) is 9.49. The minimum Gasteiger partial charge on any atom is -0.493 e. The lowest BCUT2D eigenvalue weighted by molar-refractivity contribution is -0.201. The molecule has 0 aliphatic carbocycles. The van der Waals surface area contributed by atoms with Crippen molar-refractivity contribution in [2.24, 2.45) is 10.8 Å². The molecule has 0 amide bonds. The summed E-state index contributed by atoms with van der Waals surface area (Å²) < 4.78 is 7.02. The first-order chi connectivity index (χ1) is 12.4. The number of benzene rings is 1. The second kappa shape index (κ2) is 6.61. The summed E-state index contributed by atoms with van der Waals surface area (Å²) in [6, 6.07) is 6.31. The number of carbonyl (C=O) groups is 1. The molecule has 0 radical (unpaired) electrons. The maximum absolute atomic E-state index is 13.3. The Hall–Kier alpha value is -0.910. The lowest BCUT2D eigenvalue weighted by atomic mass is 9.59. The number of hydrogen-bond donors (Lipinski definition) is 0. The van der Waals surface area contributed by atoms with Crippen LogP contribution in [0.3, 0.4) is 0 Å². The van der Waals surface area contributed by atoms with E-state index in [2.05, 4.69) is 51.7 Å². The van der Waals surface area contributed by atoms with Gasteiger partial charge in [0.2, 0.25) is 0 Å². The van der Waals surface area contributed by atoms with Gasteiger partial charge >= 0.3 is 0 Å². The number of ether oxygens (including phenoxy) is 1. The lowest BCUT2D eigenvalue weighted by Gasteiger charge is -2.65. The van der Waals surface area contributed by atoms with Gasteiger partial charge in [-0.05, 0) is 31.5 Å². The third-order valence-electron chi connectivity index (χ3n) is 6.40. The third-order valence-corrected chi connectivity index (χ3v) is 6.89. The zero-order chi connectivity index (χ0) is 18.5. The van der Waals surface area contributed by atoms with Gasteiger partial charge in [0.15, 0.2) is 0 Å². The first-order valence-electron chi connectivity index (χ1n) is 9.88. The Balaban J connectivity index is 1.72. The number of rotatable bonds is 6. The summed E-state index contributed by atoms with van der Waals surface area (Å²) in [5.74, 6) is 1.48. The highest BCUT2D eigenvalue weighted by Gasteiger charge is 2.63. The van der Waals surface area contributed by atoms with Gasteiger partial charge in [0.05, 0.1) is 23.6 Å². The molecule has 26 heavy (non-hydrogen) atoms. The molecule has 4 fully saturated rings. The van der Waals surface area contributed by atoms with Crippen LogP contribution in [0.15, 0.2) is 22.7 Å². The van der Waals surface area contributed by atoms with E-state index >= 15 is 0 Å². The van der Waals surface area contributed by atoms with Crippen LogP contribution in [-0.2, 0) is 4.79 Å². The summed E-state index contributed by atoms with van der Waals surface area (Å²) >= 11 is 3.63. The van der Waals surface area contributed by atoms with Crippen LogP contribution in [0, 0.1) is 10.8 Å². The van der Waals surface area contributed by atoms with Crippen LogP contribution in [-0.4, -0.2) is 48.4 Å². The number of hydrogen-bond acceptors (Lipinski definition) is 4. The predicted molar refractivity (Wildman–Crippen MR) is 106 cm³/mol. The van der Waals surface area contributed by atoms with Gasteiger partial charge in [0.25, 0.3) is 0 Å². The van der Waals surface area contributed by atoms with Gasteiger partial charge in [-0.15, -0.1) is 0 Å². The maximum Gasteiger partial charge on any atom is 0.150 e. The Kier molecular flexibility index (Phi) is 4.69. The molecule has 2 unspecified atom stereocenters. The average molecular weight is 421 g/mol. The second-order valence-electron chi connectivity index (χ2n) is 8.57. The molecule has 0 N–H and O–H groups in total. The van der Waals surface area contributed by atoms with Crippen LogP contribution in [0.2, 0.25) is 0 Å². The summed E-state index contributed by atoms with van der Waals surface area (Å²) in [6.45, 7) is 10.6. The Morgan fingerprint density at radius 3 is 2.50 bits per heavy atom. The normalized spacial score (nSPS) is 38.0. The molecular formula is C21H29BrN2O2. The average Bonchev–Trinajstić information content (AvgIpc) is 2.59. The van der Waals surface area contributed by atoms with Crippen LogP contribution < -0.4 is 4.74 Å². The Morgan fingerprint density at radius 1 is 1.19 bits per heavy atom. The van der Waals surface area contributed by atoms with Crippen molar-refractivity contribution < 1.29 is 9.53 Å². The first-order valence-corrected chi connectivity index (χ1v) is 10.7. The SMILES string of the molecule is CCCCC12CN3CC(C)(CN(C1)C3c1cc(Br)ccc1OCC)C2=O. The van der Waals surface area contributed by atoms with Gasteiger partial charge in [-0.2, -0.15) is 0 Å². The largest absolute Gasteiger partial charge is 0.493 e. The third kappa shape index (κ3) is 2.74. The molecule has 142 valence electrons. The van der Waals surface area contributed by atoms with Crippen molar-refractivity contribution in [2.75, 3.05) is 32.8 Å². The molecule has 5 rings (SSSR count). The summed E-state index contributed by atoms with van der Waals surface area (Å²) in [6.07, 6.45) is 3.52. The predicted octanol–water partition coefficient (Wildman–Crippen LogP) is 4.24. The number of unbranched alkanes of at least 4 members (excludes halogenated alkanes) is 1. The lowest BCUT2D eigenvalue weighted by Crippen LogP contribution is -2.76. The summed E-state index contributed by atoms with van der Waals surface area (Å²) in [5, 5.41) is 0. The van der Waals surface area contributed by atoms with Crippen molar-refractivity contribution in [3.8, 4) is 5.75 Å². The smallest absolute Gasteiger partial charge is 0.150 e. The fraction of sp³-hybridized carbons (Fsp3) is 0.667. The number of carbonyl (C=O) groups excluding carboxylic acids is 1. The van der Waals surface area contributed by atoms with E-state index in [9.17, 15) is 4.79 Å².